The Balaban J connectivity index is 1.83. The SMILES string of the molecule is CCNc1nccc(NCC(=O)N2CCCCC2)n1. The molecule has 19 heavy (non-hydrogen) atoms. The van der Waals surface area contributed by atoms with E-state index in [1.807, 2.05) is 11.8 Å². The van der Waals surface area contributed by atoms with Gasteiger partial charge in [0.1, 0.15) is 5.82 Å². The fraction of sp³-hybridized carbons (Fsp3) is 0.615. The summed E-state index contributed by atoms with van der Waals surface area (Å²) < 4.78 is 0. The van der Waals surface area contributed by atoms with Crippen molar-refractivity contribution in [3.8, 4) is 0 Å². The zero-order valence-corrected chi connectivity index (χ0v) is 11.4. The molecule has 2 N–H and O–H groups in total. The van der Waals surface area contributed by atoms with Crippen LogP contribution in [0.5, 0.6) is 0 Å². The van der Waals surface area contributed by atoms with Gasteiger partial charge in [-0.25, -0.2) is 4.98 Å². The molecule has 0 radical (unpaired) electrons. The Morgan fingerprint density at radius 3 is 2.84 bits per heavy atom. The molecular formula is C13H21N5O. The first-order valence-electron chi connectivity index (χ1n) is 6.88. The third-order valence-corrected chi connectivity index (χ3v) is 3.12. The second kappa shape index (κ2) is 6.92. The molecule has 2 heterocycles. The van der Waals surface area contributed by atoms with Gasteiger partial charge in [0.15, 0.2) is 0 Å². The smallest absolute Gasteiger partial charge is 0.241 e. The summed E-state index contributed by atoms with van der Waals surface area (Å²) in [6.45, 7) is 4.82. The summed E-state index contributed by atoms with van der Waals surface area (Å²) in [5.41, 5.74) is 0. The number of nitrogens with zero attached hydrogens (tertiary/aromatic N) is 3. The molecule has 1 aromatic heterocycles. The van der Waals surface area contributed by atoms with Crippen LogP contribution in [0, 0.1) is 0 Å². The summed E-state index contributed by atoms with van der Waals surface area (Å²) in [4.78, 5) is 22.3. The molecule has 1 saturated heterocycles. The van der Waals surface area contributed by atoms with Gasteiger partial charge in [-0.05, 0) is 32.3 Å². The number of rotatable bonds is 5. The minimum atomic E-state index is 0.142. The van der Waals surface area contributed by atoms with Crippen molar-refractivity contribution in [2.75, 3.05) is 36.8 Å². The first kappa shape index (κ1) is 13.6. The van der Waals surface area contributed by atoms with E-state index in [0.29, 0.717) is 18.3 Å². The summed E-state index contributed by atoms with van der Waals surface area (Å²) in [6.07, 6.45) is 5.14. The molecule has 1 aliphatic heterocycles. The molecule has 0 bridgehead atoms. The van der Waals surface area contributed by atoms with Crippen LogP contribution in [-0.2, 0) is 4.79 Å². The fourth-order valence-corrected chi connectivity index (χ4v) is 2.12. The van der Waals surface area contributed by atoms with Crippen molar-refractivity contribution >= 4 is 17.7 Å². The Morgan fingerprint density at radius 2 is 2.11 bits per heavy atom. The van der Waals surface area contributed by atoms with Crippen molar-refractivity contribution < 1.29 is 4.79 Å². The van der Waals surface area contributed by atoms with Crippen LogP contribution in [0.3, 0.4) is 0 Å². The molecule has 1 aliphatic rings. The lowest BCUT2D eigenvalue weighted by Gasteiger charge is -2.26. The van der Waals surface area contributed by atoms with Crippen molar-refractivity contribution in [2.45, 2.75) is 26.2 Å². The van der Waals surface area contributed by atoms with Gasteiger partial charge in [-0.2, -0.15) is 4.98 Å². The number of nitrogens with one attached hydrogen (secondary N) is 2. The van der Waals surface area contributed by atoms with Gasteiger partial charge in [-0.15, -0.1) is 0 Å². The van der Waals surface area contributed by atoms with Crippen LogP contribution in [0.25, 0.3) is 0 Å². The Morgan fingerprint density at radius 1 is 1.32 bits per heavy atom. The quantitative estimate of drug-likeness (QED) is 0.838. The maximum atomic E-state index is 12.0. The number of likely N-dealkylation sites (tertiary alicyclic amines) is 1. The predicted octanol–water partition coefficient (Wildman–Crippen LogP) is 1.33. The first-order valence-corrected chi connectivity index (χ1v) is 6.88. The van der Waals surface area contributed by atoms with E-state index in [-0.39, 0.29) is 5.91 Å². The maximum Gasteiger partial charge on any atom is 0.241 e. The highest BCUT2D eigenvalue weighted by atomic mass is 16.2. The number of anilines is 2. The molecule has 0 spiro atoms. The first-order chi connectivity index (χ1) is 9.29. The molecule has 0 atom stereocenters. The van der Waals surface area contributed by atoms with Gasteiger partial charge in [0.25, 0.3) is 0 Å². The van der Waals surface area contributed by atoms with Crippen LogP contribution >= 0.6 is 0 Å². The molecule has 0 aromatic carbocycles. The average Bonchev–Trinajstić information content (AvgIpc) is 2.46. The maximum absolute atomic E-state index is 12.0. The van der Waals surface area contributed by atoms with Crippen molar-refractivity contribution in [3.63, 3.8) is 0 Å². The molecule has 1 fully saturated rings. The molecule has 6 nitrogen and oxygen atoms in total. The van der Waals surface area contributed by atoms with Gasteiger partial charge in [-0.3, -0.25) is 4.79 Å². The Labute approximate surface area is 113 Å². The molecule has 0 aliphatic carbocycles. The van der Waals surface area contributed by atoms with Crippen LogP contribution in [0.15, 0.2) is 12.3 Å². The van der Waals surface area contributed by atoms with Crippen LogP contribution in [-0.4, -0.2) is 47.0 Å². The molecule has 2 rings (SSSR count). The Hall–Kier alpha value is -1.85. The van der Waals surface area contributed by atoms with Crippen LogP contribution in [0.1, 0.15) is 26.2 Å². The van der Waals surface area contributed by atoms with Crippen molar-refractivity contribution in [3.05, 3.63) is 12.3 Å². The van der Waals surface area contributed by atoms with Gasteiger partial charge < -0.3 is 15.5 Å². The molecule has 6 heteroatoms. The lowest BCUT2D eigenvalue weighted by molar-refractivity contribution is -0.130. The number of aromatic nitrogens is 2. The van der Waals surface area contributed by atoms with E-state index in [4.69, 9.17) is 0 Å². The van der Waals surface area contributed by atoms with Gasteiger partial charge in [0, 0.05) is 25.8 Å². The number of amides is 1. The highest BCUT2D eigenvalue weighted by Gasteiger charge is 2.15. The fourth-order valence-electron chi connectivity index (χ4n) is 2.12. The topological polar surface area (TPSA) is 70.2 Å². The highest BCUT2D eigenvalue weighted by molar-refractivity contribution is 5.80. The molecule has 1 amide bonds. The van der Waals surface area contributed by atoms with E-state index in [9.17, 15) is 4.79 Å². The normalized spacial score (nSPS) is 15.1. The molecule has 0 unspecified atom stereocenters. The minimum Gasteiger partial charge on any atom is -0.361 e. The number of piperidine rings is 1. The lowest BCUT2D eigenvalue weighted by atomic mass is 10.1. The van der Waals surface area contributed by atoms with E-state index in [2.05, 4.69) is 20.6 Å². The van der Waals surface area contributed by atoms with E-state index in [1.54, 1.807) is 12.3 Å². The third-order valence-electron chi connectivity index (χ3n) is 3.12. The van der Waals surface area contributed by atoms with E-state index >= 15 is 0 Å². The number of hydrogen-bond donors (Lipinski definition) is 2. The van der Waals surface area contributed by atoms with Gasteiger partial charge in [0.2, 0.25) is 11.9 Å². The van der Waals surface area contributed by atoms with Crippen molar-refractivity contribution in [1.82, 2.24) is 14.9 Å². The monoisotopic (exact) mass is 263 g/mol. The summed E-state index contributed by atoms with van der Waals surface area (Å²) in [5.74, 6) is 1.40. The third kappa shape index (κ3) is 4.08. The average molecular weight is 263 g/mol. The van der Waals surface area contributed by atoms with Crippen molar-refractivity contribution in [2.24, 2.45) is 0 Å². The lowest BCUT2D eigenvalue weighted by Crippen LogP contribution is -2.39. The summed E-state index contributed by atoms with van der Waals surface area (Å²) >= 11 is 0. The van der Waals surface area contributed by atoms with E-state index < -0.39 is 0 Å². The molecule has 0 saturated carbocycles. The standard InChI is InChI=1S/C13H21N5O/c1-2-14-13-15-7-6-11(17-13)16-10-12(19)18-8-4-3-5-9-18/h6-7H,2-5,8-10H2,1H3,(H2,14,15,16,17). The zero-order chi connectivity index (χ0) is 13.5. The summed E-state index contributed by atoms with van der Waals surface area (Å²) in [5, 5.41) is 6.10. The summed E-state index contributed by atoms with van der Waals surface area (Å²) in [7, 11) is 0. The Bertz CT molecular complexity index is 417. The largest absolute Gasteiger partial charge is 0.361 e. The predicted molar refractivity (Wildman–Crippen MR) is 75.1 cm³/mol. The number of hydrogen-bond acceptors (Lipinski definition) is 5. The highest BCUT2D eigenvalue weighted by Crippen LogP contribution is 2.09. The molecule has 1 aromatic rings. The minimum absolute atomic E-state index is 0.142. The van der Waals surface area contributed by atoms with E-state index in [1.165, 1.54) is 6.42 Å². The van der Waals surface area contributed by atoms with Gasteiger partial charge in [0.05, 0.1) is 6.54 Å². The number of carbonyl (C=O) groups is 1. The van der Waals surface area contributed by atoms with Crippen LogP contribution in [0.2, 0.25) is 0 Å². The van der Waals surface area contributed by atoms with Gasteiger partial charge >= 0.3 is 0 Å². The second-order valence-corrected chi connectivity index (χ2v) is 4.59. The molecular weight excluding hydrogens is 242 g/mol. The van der Waals surface area contributed by atoms with Crippen LogP contribution in [0.4, 0.5) is 11.8 Å². The molecule has 104 valence electrons. The zero-order valence-electron chi connectivity index (χ0n) is 11.4. The number of carbonyl (C=O) groups excluding carboxylic acids is 1. The summed E-state index contributed by atoms with van der Waals surface area (Å²) in [6, 6.07) is 1.77. The van der Waals surface area contributed by atoms with Crippen LogP contribution < -0.4 is 10.6 Å². The van der Waals surface area contributed by atoms with Crippen molar-refractivity contribution in [1.29, 1.82) is 0 Å². The van der Waals surface area contributed by atoms with E-state index in [0.717, 1.165) is 32.5 Å². The van der Waals surface area contributed by atoms with Gasteiger partial charge in [-0.1, -0.05) is 0 Å². The Kier molecular flexibility index (Phi) is 4.94. The second-order valence-electron chi connectivity index (χ2n) is 4.59.